The monoisotopic (exact) mass is 438 g/mol. The molecule has 4 aromatic rings. The zero-order valence-corrected chi connectivity index (χ0v) is 17.3. The van der Waals surface area contributed by atoms with E-state index in [1.807, 2.05) is 0 Å². The number of rotatable bonds is 5. The zero-order valence-electron chi connectivity index (χ0n) is 16.5. The van der Waals surface area contributed by atoms with Gasteiger partial charge in [0.05, 0.1) is 48.9 Å². The van der Waals surface area contributed by atoms with E-state index < -0.39 is 0 Å². The lowest BCUT2D eigenvalue weighted by atomic mass is 10.2. The second-order valence-corrected chi connectivity index (χ2v) is 8.14. The molecule has 0 saturated carbocycles. The number of carbonyl (C=O) groups excluding carboxylic acids is 1. The van der Waals surface area contributed by atoms with Crippen LogP contribution in [0.4, 0.5) is 9.52 Å². The van der Waals surface area contributed by atoms with Crippen molar-refractivity contribution in [1.29, 1.82) is 0 Å². The molecular weight excluding hydrogens is 419 g/mol. The molecule has 0 atom stereocenters. The van der Waals surface area contributed by atoms with Gasteiger partial charge in [-0.05, 0) is 24.3 Å². The minimum atomic E-state index is -0.321. The van der Waals surface area contributed by atoms with Gasteiger partial charge in [0.25, 0.3) is 5.91 Å². The van der Waals surface area contributed by atoms with Crippen LogP contribution in [0.5, 0.6) is 0 Å². The van der Waals surface area contributed by atoms with E-state index in [-0.39, 0.29) is 11.7 Å². The number of nitrogens with zero attached hydrogens (tertiary/aromatic N) is 5. The summed E-state index contributed by atoms with van der Waals surface area (Å²) in [4.78, 5) is 24.7. The molecule has 0 radical (unpaired) electrons. The first-order valence-corrected chi connectivity index (χ1v) is 10.6. The summed E-state index contributed by atoms with van der Waals surface area (Å²) >= 11 is 1.56. The van der Waals surface area contributed by atoms with Crippen LogP contribution in [-0.4, -0.2) is 52.0 Å². The van der Waals surface area contributed by atoms with Crippen molar-refractivity contribution in [3.63, 3.8) is 0 Å². The van der Waals surface area contributed by atoms with Crippen LogP contribution in [0.15, 0.2) is 49.1 Å². The van der Waals surface area contributed by atoms with Gasteiger partial charge in [-0.1, -0.05) is 0 Å². The molecule has 0 aliphatic carbocycles. The summed E-state index contributed by atoms with van der Waals surface area (Å²) in [5.74, 6) is -0.559. The smallest absolute Gasteiger partial charge is 0.253 e. The predicted molar refractivity (Wildman–Crippen MR) is 115 cm³/mol. The van der Waals surface area contributed by atoms with Crippen LogP contribution in [0.25, 0.3) is 16.6 Å². The van der Waals surface area contributed by atoms with Gasteiger partial charge in [-0.3, -0.25) is 9.78 Å². The molecule has 0 unspecified atom stereocenters. The largest absolute Gasteiger partial charge is 0.378 e. The van der Waals surface area contributed by atoms with E-state index in [0.717, 1.165) is 23.1 Å². The van der Waals surface area contributed by atoms with Crippen LogP contribution in [0.1, 0.15) is 15.2 Å². The van der Waals surface area contributed by atoms with Crippen molar-refractivity contribution in [2.75, 3.05) is 31.2 Å². The molecule has 158 valence electrons. The zero-order chi connectivity index (χ0) is 21.2. The lowest BCUT2D eigenvalue weighted by Gasteiger charge is -2.25. The fourth-order valence-corrected chi connectivity index (χ4v) is 4.35. The third-order valence-electron chi connectivity index (χ3n) is 5.06. The van der Waals surface area contributed by atoms with Crippen molar-refractivity contribution in [3.05, 3.63) is 65.3 Å². The summed E-state index contributed by atoms with van der Waals surface area (Å²) in [6, 6.07) is 5.99. The topological polar surface area (TPSA) is 85.2 Å². The van der Waals surface area contributed by atoms with Crippen molar-refractivity contribution in [2.24, 2.45) is 0 Å². The van der Waals surface area contributed by atoms with Crippen molar-refractivity contribution >= 4 is 33.3 Å². The Balaban J connectivity index is 1.32. The maximum Gasteiger partial charge on any atom is 0.253 e. The number of thiazole rings is 1. The first-order chi connectivity index (χ1) is 15.2. The second kappa shape index (κ2) is 8.40. The number of ether oxygens (including phenoxy) is 1. The number of hydrogen-bond donors (Lipinski definition) is 1. The Morgan fingerprint density at radius 2 is 1.94 bits per heavy atom. The SMILES string of the molecule is O=C(NCc1cnc(N2CCOCC2)s1)c1cncc2c1cnn2-c1ccc(F)cc1. The number of fused-ring (bicyclic) bond motifs is 1. The van der Waals surface area contributed by atoms with Crippen LogP contribution >= 0.6 is 11.3 Å². The van der Waals surface area contributed by atoms with Gasteiger partial charge in [-0.2, -0.15) is 5.10 Å². The number of anilines is 1. The number of benzene rings is 1. The minimum absolute atomic E-state index is 0.238. The summed E-state index contributed by atoms with van der Waals surface area (Å²) < 4.78 is 20.2. The third-order valence-corrected chi connectivity index (χ3v) is 6.12. The van der Waals surface area contributed by atoms with Gasteiger partial charge in [0, 0.05) is 35.7 Å². The molecule has 1 fully saturated rings. The van der Waals surface area contributed by atoms with Crippen molar-refractivity contribution < 1.29 is 13.9 Å². The van der Waals surface area contributed by atoms with Crippen molar-refractivity contribution in [3.8, 4) is 5.69 Å². The Kier molecular flexibility index (Phi) is 5.31. The summed E-state index contributed by atoms with van der Waals surface area (Å²) in [6.45, 7) is 3.43. The number of carbonyl (C=O) groups is 1. The van der Waals surface area contributed by atoms with Gasteiger partial charge in [-0.25, -0.2) is 14.1 Å². The summed E-state index contributed by atoms with van der Waals surface area (Å²) in [5, 5.41) is 8.92. The minimum Gasteiger partial charge on any atom is -0.378 e. The molecule has 0 bridgehead atoms. The number of amides is 1. The van der Waals surface area contributed by atoms with Crippen LogP contribution in [-0.2, 0) is 11.3 Å². The molecule has 1 saturated heterocycles. The Morgan fingerprint density at radius 1 is 1.13 bits per heavy atom. The second-order valence-electron chi connectivity index (χ2n) is 7.04. The maximum absolute atomic E-state index is 13.2. The number of nitrogens with one attached hydrogen (secondary N) is 1. The van der Waals surface area contributed by atoms with Crippen LogP contribution in [0.3, 0.4) is 0 Å². The molecule has 10 heteroatoms. The van der Waals surface area contributed by atoms with E-state index >= 15 is 0 Å². The summed E-state index contributed by atoms with van der Waals surface area (Å²) in [6.07, 6.45) is 6.58. The van der Waals surface area contributed by atoms with E-state index in [9.17, 15) is 9.18 Å². The predicted octanol–water partition coefficient (Wildman–Crippen LogP) is 2.78. The lowest BCUT2D eigenvalue weighted by molar-refractivity contribution is 0.0952. The quantitative estimate of drug-likeness (QED) is 0.516. The number of pyridine rings is 1. The van der Waals surface area contributed by atoms with Gasteiger partial charge in [0.2, 0.25) is 0 Å². The highest BCUT2D eigenvalue weighted by Gasteiger charge is 2.17. The van der Waals surface area contributed by atoms with Crippen molar-refractivity contribution in [1.82, 2.24) is 25.1 Å². The molecular formula is C21H19FN6O2S. The highest BCUT2D eigenvalue weighted by molar-refractivity contribution is 7.15. The Bertz CT molecular complexity index is 1220. The molecule has 3 aromatic heterocycles. The molecule has 1 aliphatic rings. The van der Waals surface area contributed by atoms with Gasteiger partial charge in [-0.15, -0.1) is 11.3 Å². The fraction of sp³-hybridized carbons (Fsp3) is 0.238. The average Bonchev–Trinajstić information content (AvgIpc) is 3.46. The normalized spacial score (nSPS) is 14.2. The molecule has 4 heterocycles. The molecule has 1 amide bonds. The standard InChI is InChI=1S/C21H19FN6O2S/c22-14-1-3-15(4-2-14)28-19-13-23-11-18(17(19)12-26-28)20(29)24-9-16-10-25-21(31-16)27-5-7-30-8-6-27/h1-4,10-13H,5-9H2,(H,24,29). The van der Waals surface area contributed by atoms with Crippen LogP contribution < -0.4 is 10.2 Å². The summed E-state index contributed by atoms with van der Waals surface area (Å²) in [5.41, 5.74) is 1.80. The van der Waals surface area contributed by atoms with Crippen molar-refractivity contribution in [2.45, 2.75) is 6.54 Å². The molecule has 0 spiro atoms. The van der Waals surface area contributed by atoms with Gasteiger partial charge in [0.15, 0.2) is 5.13 Å². The molecule has 1 aromatic carbocycles. The highest BCUT2D eigenvalue weighted by atomic mass is 32.1. The maximum atomic E-state index is 13.2. The van der Waals surface area contributed by atoms with Crippen LogP contribution in [0.2, 0.25) is 0 Å². The number of morpholine rings is 1. The fourth-order valence-electron chi connectivity index (χ4n) is 3.45. The molecule has 8 nitrogen and oxygen atoms in total. The van der Waals surface area contributed by atoms with E-state index in [2.05, 4.69) is 25.3 Å². The molecule has 31 heavy (non-hydrogen) atoms. The first kappa shape index (κ1) is 19.6. The molecule has 1 aliphatic heterocycles. The van der Waals surface area contributed by atoms with E-state index in [0.29, 0.717) is 41.9 Å². The Labute approximate surface area is 181 Å². The van der Waals surface area contributed by atoms with Gasteiger partial charge in [0.1, 0.15) is 5.82 Å². The average molecular weight is 438 g/mol. The lowest BCUT2D eigenvalue weighted by Crippen LogP contribution is -2.36. The number of halogens is 1. The van der Waals surface area contributed by atoms with Crippen LogP contribution in [0, 0.1) is 5.82 Å². The Hall–Kier alpha value is -3.37. The molecule has 5 rings (SSSR count). The number of aromatic nitrogens is 4. The van der Waals surface area contributed by atoms with E-state index in [1.165, 1.54) is 18.3 Å². The third kappa shape index (κ3) is 3.99. The number of hydrogen-bond acceptors (Lipinski definition) is 7. The van der Waals surface area contributed by atoms with E-state index in [1.54, 1.807) is 46.7 Å². The highest BCUT2D eigenvalue weighted by Crippen LogP contribution is 2.24. The van der Waals surface area contributed by atoms with Gasteiger partial charge < -0.3 is 15.0 Å². The van der Waals surface area contributed by atoms with Gasteiger partial charge >= 0.3 is 0 Å². The van der Waals surface area contributed by atoms with E-state index in [4.69, 9.17) is 4.74 Å². The molecule has 1 N–H and O–H groups in total. The Morgan fingerprint density at radius 3 is 2.74 bits per heavy atom. The first-order valence-electron chi connectivity index (χ1n) is 9.82. The summed E-state index contributed by atoms with van der Waals surface area (Å²) in [7, 11) is 0.